The van der Waals surface area contributed by atoms with Crippen LogP contribution in [0.4, 0.5) is 5.69 Å². The summed E-state index contributed by atoms with van der Waals surface area (Å²) in [6.45, 7) is 9.59. The SMILES string of the molecule is Cc1ccc(NC(=O)/C=C/c2c(C)nn(-c3ccccc3)c2C)cc1C(=O)NC(C)C. The number of aryl methyl sites for hydroxylation is 2. The van der Waals surface area contributed by atoms with Gasteiger partial charge in [0.05, 0.1) is 11.4 Å². The number of rotatable bonds is 6. The van der Waals surface area contributed by atoms with Gasteiger partial charge in [0, 0.05) is 34.6 Å². The van der Waals surface area contributed by atoms with E-state index in [-0.39, 0.29) is 17.9 Å². The quantitative estimate of drug-likeness (QED) is 0.577. The second kappa shape index (κ2) is 9.43. The Hall–Kier alpha value is -3.67. The number of carbonyl (C=O) groups is 2. The molecule has 6 heteroatoms. The Kier molecular flexibility index (Phi) is 6.70. The van der Waals surface area contributed by atoms with E-state index in [2.05, 4.69) is 15.7 Å². The molecule has 0 unspecified atom stereocenters. The summed E-state index contributed by atoms with van der Waals surface area (Å²) in [6.07, 6.45) is 3.26. The molecule has 3 rings (SSSR count). The Morgan fingerprint density at radius 1 is 1.03 bits per heavy atom. The topological polar surface area (TPSA) is 76.0 Å². The van der Waals surface area contributed by atoms with Crippen molar-refractivity contribution < 1.29 is 9.59 Å². The molecule has 0 bridgehead atoms. The first kappa shape index (κ1) is 22.0. The Morgan fingerprint density at radius 3 is 2.42 bits per heavy atom. The van der Waals surface area contributed by atoms with E-state index in [1.165, 1.54) is 6.08 Å². The maximum atomic E-state index is 12.5. The van der Waals surface area contributed by atoms with Gasteiger partial charge in [0.2, 0.25) is 5.91 Å². The van der Waals surface area contributed by atoms with Gasteiger partial charge in [-0.05, 0) is 70.5 Å². The molecular formula is C25H28N4O2. The number of aromatic nitrogens is 2. The zero-order chi connectivity index (χ0) is 22.5. The number of benzene rings is 2. The van der Waals surface area contributed by atoms with Crippen molar-refractivity contribution in [3.63, 3.8) is 0 Å². The summed E-state index contributed by atoms with van der Waals surface area (Å²) in [5.41, 5.74) is 5.64. The van der Waals surface area contributed by atoms with E-state index in [9.17, 15) is 9.59 Å². The number of nitrogens with zero attached hydrogens (tertiary/aromatic N) is 2. The lowest BCUT2D eigenvalue weighted by atomic mass is 10.1. The van der Waals surface area contributed by atoms with Gasteiger partial charge in [-0.25, -0.2) is 4.68 Å². The van der Waals surface area contributed by atoms with Crippen LogP contribution in [-0.4, -0.2) is 27.6 Å². The summed E-state index contributed by atoms with van der Waals surface area (Å²) in [4.78, 5) is 24.9. The smallest absolute Gasteiger partial charge is 0.251 e. The second-order valence-electron chi connectivity index (χ2n) is 7.81. The lowest BCUT2D eigenvalue weighted by Crippen LogP contribution is -2.30. The first-order valence-corrected chi connectivity index (χ1v) is 10.3. The Labute approximate surface area is 183 Å². The molecule has 0 fully saturated rings. The summed E-state index contributed by atoms with van der Waals surface area (Å²) in [5.74, 6) is -0.427. The molecule has 1 heterocycles. The van der Waals surface area contributed by atoms with E-state index in [0.29, 0.717) is 11.3 Å². The number of nitrogens with one attached hydrogen (secondary N) is 2. The molecule has 1 aromatic heterocycles. The van der Waals surface area contributed by atoms with Gasteiger partial charge in [-0.2, -0.15) is 5.10 Å². The maximum absolute atomic E-state index is 12.5. The summed E-state index contributed by atoms with van der Waals surface area (Å²) >= 11 is 0. The molecule has 0 radical (unpaired) electrons. The number of amides is 2. The predicted molar refractivity (Wildman–Crippen MR) is 124 cm³/mol. The van der Waals surface area contributed by atoms with Crippen LogP contribution in [0.25, 0.3) is 11.8 Å². The summed E-state index contributed by atoms with van der Waals surface area (Å²) < 4.78 is 1.87. The highest BCUT2D eigenvalue weighted by atomic mass is 16.2. The maximum Gasteiger partial charge on any atom is 0.251 e. The predicted octanol–water partition coefficient (Wildman–Crippen LogP) is 4.59. The minimum Gasteiger partial charge on any atom is -0.350 e. The van der Waals surface area contributed by atoms with Gasteiger partial charge in [0.15, 0.2) is 0 Å². The molecule has 0 aliphatic carbocycles. The number of hydrogen-bond acceptors (Lipinski definition) is 3. The molecule has 31 heavy (non-hydrogen) atoms. The van der Waals surface area contributed by atoms with Crippen molar-refractivity contribution in [2.75, 3.05) is 5.32 Å². The van der Waals surface area contributed by atoms with Crippen LogP contribution in [0.3, 0.4) is 0 Å². The van der Waals surface area contributed by atoms with Crippen molar-refractivity contribution in [1.82, 2.24) is 15.1 Å². The number of hydrogen-bond donors (Lipinski definition) is 2. The highest BCUT2D eigenvalue weighted by Crippen LogP contribution is 2.20. The molecule has 2 N–H and O–H groups in total. The molecule has 0 spiro atoms. The fourth-order valence-corrected chi connectivity index (χ4v) is 3.34. The van der Waals surface area contributed by atoms with Gasteiger partial charge >= 0.3 is 0 Å². The lowest BCUT2D eigenvalue weighted by Gasteiger charge is -2.12. The van der Waals surface area contributed by atoms with Crippen LogP contribution in [0, 0.1) is 20.8 Å². The molecule has 6 nitrogen and oxygen atoms in total. The Balaban J connectivity index is 1.76. The molecule has 0 saturated heterocycles. The third-order valence-electron chi connectivity index (χ3n) is 4.92. The summed E-state index contributed by atoms with van der Waals surface area (Å²) in [6, 6.07) is 15.2. The van der Waals surface area contributed by atoms with Crippen LogP contribution in [0.15, 0.2) is 54.6 Å². The highest BCUT2D eigenvalue weighted by molar-refractivity contribution is 6.03. The van der Waals surface area contributed by atoms with Crippen molar-refractivity contribution in [3.05, 3.63) is 82.7 Å². The van der Waals surface area contributed by atoms with Crippen LogP contribution >= 0.6 is 0 Å². The average Bonchev–Trinajstić information content (AvgIpc) is 3.01. The van der Waals surface area contributed by atoms with Crippen LogP contribution in [0.2, 0.25) is 0 Å². The minimum absolute atomic E-state index is 0.0383. The lowest BCUT2D eigenvalue weighted by molar-refractivity contribution is -0.111. The van der Waals surface area contributed by atoms with E-state index < -0.39 is 0 Å². The molecule has 0 saturated carbocycles. The minimum atomic E-state index is -0.273. The molecule has 2 amide bonds. The average molecular weight is 417 g/mol. The number of anilines is 1. The van der Waals surface area contributed by atoms with Crippen molar-refractivity contribution in [2.24, 2.45) is 0 Å². The molecule has 0 atom stereocenters. The Morgan fingerprint density at radius 2 is 1.74 bits per heavy atom. The fourth-order valence-electron chi connectivity index (χ4n) is 3.34. The normalized spacial score (nSPS) is 11.2. The Bertz CT molecular complexity index is 1130. The van der Waals surface area contributed by atoms with Gasteiger partial charge in [-0.15, -0.1) is 0 Å². The van der Waals surface area contributed by atoms with Crippen LogP contribution in [-0.2, 0) is 4.79 Å². The standard InChI is InChI=1S/C25H28N4O2/c1-16(2)26-25(31)23-15-20(12-11-17(23)3)27-24(30)14-13-22-18(4)28-29(19(22)5)21-9-7-6-8-10-21/h6-16H,1-5H3,(H,26,31)(H,27,30)/b14-13+. The molecule has 0 aliphatic heterocycles. The second-order valence-corrected chi connectivity index (χ2v) is 7.81. The van der Waals surface area contributed by atoms with Gasteiger partial charge in [0.25, 0.3) is 5.91 Å². The van der Waals surface area contributed by atoms with E-state index in [1.807, 2.05) is 75.7 Å². The van der Waals surface area contributed by atoms with Gasteiger partial charge in [-0.1, -0.05) is 24.3 Å². The molecular weight excluding hydrogens is 388 g/mol. The third kappa shape index (κ3) is 5.28. The number of para-hydroxylation sites is 1. The van der Waals surface area contributed by atoms with E-state index in [1.54, 1.807) is 18.2 Å². The molecule has 160 valence electrons. The third-order valence-corrected chi connectivity index (χ3v) is 4.92. The van der Waals surface area contributed by atoms with Gasteiger partial charge < -0.3 is 10.6 Å². The van der Waals surface area contributed by atoms with Crippen LogP contribution in [0.1, 0.15) is 46.7 Å². The van der Waals surface area contributed by atoms with E-state index >= 15 is 0 Å². The first-order valence-electron chi connectivity index (χ1n) is 10.3. The van der Waals surface area contributed by atoms with Crippen LogP contribution in [0.5, 0.6) is 0 Å². The number of carbonyl (C=O) groups excluding carboxylic acids is 2. The summed E-state index contributed by atoms with van der Waals surface area (Å²) in [5, 5.41) is 10.3. The summed E-state index contributed by atoms with van der Waals surface area (Å²) in [7, 11) is 0. The van der Waals surface area contributed by atoms with Crippen molar-refractivity contribution in [1.29, 1.82) is 0 Å². The van der Waals surface area contributed by atoms with Crippen LogP contribution < -0.4 is 10.6 Å². The molecule has 2 aromatic carbocycles. The van der Waals surface area contributed by atoms with Crippen molar-refractivity contribution in [3.8, 4) is 5.69 Å². The van der Waals surface area contributed by atoms with Gasteiger partial charge in [0.1, 0.15) is 0 Å². The highest BCUT2D eigenvalue weighted by Gasteiger charge is 2.13. The van der Waals surface area contributed by atoms with Crippen molar-refractivity contribution >= 4 is 23.6 Å². The van der Waals surface area contributed by atoms with E-state index in [0.717, 1.165) is 28.2 Å². The monoisotopic (exact) mass is 416 g/mol. The largest absolute Gasteiger partial charge is 0.350 e. The van der Waals surface area contributed by atoms with Gasteiger partial charge in [-0.3, -0.25) is 9.59 Å². The van der Waals surface area contributed by atoms with E-state index in [4.69, 9.17) is 0 Å². The molecule has 3 aromatic rings. The molecule has 0 aliphatic rings. The zero-order valence-corrected chi connectivity index (χ0v) is 18.6. The van der Waals surface area contributed by atoms with Crippen molar-refractivity contribution in [2.45, 2.75) is 40.7 Å². The first-order chi connectivity index (χ1) is 14.8. The zero-order valence-electron chi connectivity index (χ0n) is 18.6. The fraction of sp³-hybridized carbons (Fsp3) is 0.240.